The Morgan fingerprint density at radius 3 is 2.21 bits per heavy atom. The second-order valence-corrected chi connectivity index (χ2v) is 3.99. The van der Waals surface area contributed by atoms with Crippen LogP contribution in [0.15, 0.2) is 6.20 Å². The first-order valence-electron chi connectivity index (χ1n) is 4.05. The van der Waals surface area contributed by atoms with Crippen LogP contribution in [-0.2, 0) is 5.54 Å². The average molecular weight is 203 g/mol. The van der Waals surface area contributed by atoms with Crippen LogP contribution in [0.1, 0.15) is 31.3 Å². The van der Waals surface area contributed by atoms with Gasteiger partial charge in [-0.3, -0.25) is 0 Å². The minimum atomic E-state index is -1.47. The van der Waals surface area contributed by atoms with Gasteiger partial charge in [-0.2, -0.15) is 0 Å². The first-order valence-corrected chi connectivity index (χ1v) is 4.05. The molecule has 1 aromatic rings. The van der Waals surface area contributed by atoms with E-state index in [1.54, 1.807) is 20.8 Å². The molecular weight excluding hydrogens is 192 g/mol. The van der Waals surface area contributed by atoms with Crippen molar-refractivity contribution in [2.75, 3.05) is 0 Å². The number of hydrogen-bond acceptors (Lipinski definition) is 1. The Morgan fingerprint density at radius 1 is 1.43 bits per heavy atom. The first kappa shape index (κ1) is 10.7. The molecule has 0 aliphatic heterocycles. The molecule has 1 N–H and O–H groups in total. The van der Waals surface area contributed by atoms with Gasteiger partial charge >= 0.3 is 5.97 Å². The maximum atomic E-state index is 13.0. The van der Waals surface area contributed by atoms with E-state index >= 15 is 0 Å². The van der Waals surface area contributed by atoms with Crippen LogP contribution in [0.5, 0.6) is 0 Å². The van der Waals surface area contributed by atoms with E-state index in [1.807, 2.05) is 0 Å². The van der Waals surface area contributed by atoms with E-state index in [1.165, 1.54) is 0 Å². The molecule has 0 saturated heterocycles. The number of nitrogens with zero attached hydrogens (tertiary/aromatic N) is 1. The van der Waals surface area contributed by atoms with Crippen LogP contribution >= 0.6 is 0 Å². The number of rotatable bonds is 1. The van der Waals surface area contributed by atoms with Crippen molar-refractivity contribution in [3.8, 4) is 0 Å². The Balaban J connectivity index is 3.45. The largest absolute Gasteiger partial charge is 0.476 e. The third-order valence-electron chi connectivity index (χ3n) is 1.83. The third kappa shape index (κ3) is 1.62. The quantitative estimate of drug-likeness (QED) is 0.760. The lowest BCUT2D eigenvalue weighted by Crippen LogP contribution is -2.25. The Hall–Kier alpha value is -1.39. The number of carbonyl (C=O) groups is 1. The average Bonchev–Trinajstić information content (AvgIpc) is 2.27. The van der Waals surface area contributed by atoms with Crippen LogP contribution in [0, 0.1) is 11.6 Å². The number of aromatic nitrogens is 1. The van der Waals surface area contributed by atoms with Gasteiger partial charge in [0.2, 0.25) is 0 Å². The second kappa shape index (κ2) is 3.08. The monoisotopic (exact) mass is 203 g/mol. The number of hydrogen-bond donors (Lipinski definition) is 1. The highest BCUT2D eigenvalue weighted by Gasteiger charge is 2.27. The molecule has 0 spiro atoms. The van der Waals surface area contributed by atoms with Gasteiger partial charge in [-0.05, 0) is 20.8 Å². The number of aromatic carboxylic acids is 1. The molecule has 0 unspecified atom stereocenters. The summed E-state index contributed by atoms with van der Waals surface area (Å²) in [7, 11) is 0. The highest BCUT2D eigenvalue weighted by Crippen LogP contribution is 2.22. The summed E-state index contributed by atoms with van der Waals surface area (Å²) >= 11 is 0. The lowest BCUT2D eigenvalue weighted by Gasteiger charge is -2.22. The third-order valence-corrected chi connectivity index (χ3v) is 1.83. The normalized spacial score (nSPS) is 11.8. The van der Waals surface area contributed by atoms with Gasteiger partial charge in [-0.1, -0.05) is 0 Å². The summed E-state index contributed by atoms with van der Waals surface area (Å²) in [5.74, 6) is -3.92. The molecule has 78 valence electrons. The van der Waals surface area contributed by atoms with Crippen LogP contribution in [0.3, 0.4) is 0 Å². The maximum Gasteiger partial charge on any atom is 0.355 e. The van der Waals surface area contributed by atoms with Crippen LogP contribution < -0.4 is 0 Å². The molecule has 0 radical (unpaired) electrons. The zero-order chi connectivity index (χ0) is 11.1. The summed E-state index contributed by atoms with van der Waals surface area (Å²) in [5, 5.41) is 8.70. The van der Waals surface area contributed by atoms with Crippen molar-refractivity contribution >= 4 is 5.97 Å². The van der Waals surface area contributed by atoms with E-state index < -0.39 is 28.8 Å². The standard InChI is InChI=1S/C9H11F2NO2/c1-9(2,3)12-4-5(10)6(11)7(12)8(13)14/h4H,1-3H3,(H,13,14). The molecule has 0 amide bonds. The predicted octanol–water partition coefficient (Wildman–Crippen LogP) is 2.22. The summed E-state index contributed by atoms with van der Waals surface area (Å²) in [5.41, 5.74) is -1.31. The van der Waals surface area contributed by atoms with E-state index in [4.69, 9.17) is 5.11 Å². The van der Waals surface area contributed by atoms with Crippen LogP contribution in [-0.4, -0.2) is 15.6 Å². The molecular formula is C9H11F2NO2. The fourth-order valence-electron chi connectivity index (χ4n) is 1.18. The maximum absolute atomic E-state index is 13.0. The van der Waals surface area contributed by atoms with E-state index in [-0.39, 0.29) is 0 Å². The van der Waals surface area contributed by atoms with Gasteiger partial charge in [0.25, 0.3) is 0 Å². The smallest absolute Gasteiger partial charge is 0.355 e. The molecule has 0 aromatic carbocycles. The highest BCUT2D eigenvalue weighted by molar-refractivity contribution is 5.86. The SMILES string of the molecule is CC(C)(C)n1cc(F)c(F)c1C(=O)O. The molecule has 0 atom stereocenters. The molecule has 5 heteroatoms. The van der Waals surface area contributed by atoms with Gasteiger partial charge in [-0.15, -0.1) is 0 Å². The van der Waals surface area contributed by atoms with Crippen molar-refractivity contribution < 1.29 is 18.7 Å². The highest BCUT2D eigenvalue weighted by atomic mass is 19.2. The summed E-state index contributed by atoms with van der Waals surface area (Å²) < 4.78 is 26.9. The van der Waals surface area contributed by atoms with Gasteiger partial charge in [0.1, 0.15) is 0 Å². The zero-order valence-electron chi connectivity index (χ0n) is 8.14. The lowest BCUT2D eigenvalue weighted by atomic mass is 10.1. The fraction of sp³-hybridized carbons (Fsp3) is 0.444. The predicted molar refractivity (Wildman–Crippen MR) is 46.3 cm³/mol. The van der Waals surface area contributed by atoms with Crippen molar-refractivity contribution in [1.82, 2.24) is 4.57 Å². The van der Waals surface area contributed by atoms with Crippen LogP contribution in [0.25, 0.3) is 0 Å². The van der Waals surface area contributed by atoms with Crippen molar-refractivity contribution in [3.63, 3.8) is 0 Å². The molecule has 3 nitrogen and oxygen atoms in total. The van der Waals surface area contributed by atoms with E-state index in [2.05, 4.69) is 0 Å². The minimum Gasteiger partial charge on any atom is -0.476 e. The van der Waals surface area contributed by atoms with Gasteiger partial charge in [0, 0.05) is 11.7 Å². The van der Waals surface area contributed by atoms with Crippen LogP contribution in [0.4, 0.5) is 8.78 Å². The Labute approximate surface area is 80.0 Å². The molecule has 1 aromatic heterocycles. The molecule has 0 fully saturated rings. The lowest BCUT2D eigenvalue weighted by molar-refractivity contribution is 0.0672. The van der Waals surface area contributed by atoms with E-state index in [0.717, 1.165) is 10.8 Å². The molecule has 0 aliphatic carbocycles. The van der Waals surface area contributed by atoms with E-state index in [9.17, 15) is 13.6 Å². The second-order valence-electron chi connectivity index (χ2n) is 3.99. The fourth-order valence-corrected chi connectivity index (χ4v) is 1.18. The van der Waals surface area contributed by atoms with Gasteiger partial charge in [-0.25, -0.2) is 13.6 Å². The Bertz CT molecular complexity index is 377. The first-order chi connectivity index (χ1) is 6.25. The number of carboxylic acids is 1. The zero-order valence-corrected chi connectivity index (χ0v) is 8.14. The number of carboxylic acid groups (broad SMARTS) is 1. The summed E-state index contributed by atoms with van der Waals surface area (Å²) in [4.78, 5) is 10.7. The van der Waals surface area contributed by atoms with Crippen LogP contribution in [0.2, 0.25) is 0 Å². The topological polar surface area (TPSA) is 42.2 Å². The van der Waals surface area contributed by atoms with Gasteiger partial charge in [0.05, 0.1) is 0 Å². The van der Waals surface area contributed by atoms with Crippen molar-refractivity contribution in [3.05, 3.63) is 23.5 Å². The summed E-state index contributed by atoms with van der Waals surface area (Å²) in [6, 6.07) is 0. The molecule has 14 heavy (non-hydrogen) atoms. The minimum absolute atomic E-state index is 0.644. The molecule has 1 rings (SSSR count). The molecule has 0 saturated carbocycles. The van der Waals surface area contributed by atoms with E-state index in [0.29, 0.717) is 0 Å². The van der Waals surface area contributed by atoms with Gasteiger partial charge in [0.15, 0.2) is 17.3 Å². The molecule has 0 bridgehead atoms. The number of halogens is 2. The summed E-state index contributed by atoms with van der Waals surface area (Å²) in [6.45, 7) is 5.00. The van der Waals surface area contributed by atoms with Gasteiger partial charge < -0.3 is 9.67 Å². The van der Waals surface area contributed by atoms with Crippen molar-refractivity contribution in [2.24, 2.45) is 0 Å². The molecule has 0 aliphatic rings. The summed E-state index contributed by atoms with van der Waals surface area (Å²) in [6.07, 6.45) is 0.860. The molecule has 1 heterocycles. The Morgan fingerprint density at radius 2 is 1.93 bits per heavy atom. The Kier molecular flexibility index (Phi) is 2.35. The van der Waals surface area contributed by atoms with Crippen molar-refractivity contribution in [1.29, 1.82) is 0 Å². The van der Waals surface area contributed by atoms with Crippen molar-refractivity contribution in [2.45, 2.75) is 26.3 Å².